The van der Waals surface area contributed by atoms with Gasteiger partial charge in [-0.05, 0) is 85.3 Å². The van der Waals surface area contributed by atoms with E-state index in [1.165, 1.54) is 5.56 Å². The molecule has 3 aliphatic heterocycles. The maximum Gasteiger partial charge on any atom is 0.266 e. The monoisotopic (exact) mass is 764 g/mol. The molecule has 2 aromatic heterocycles. The number of rotatable bonds is 10. The number of fused-ring (bicyclic) bond motifs is 2. The fourth-order valence-corrected chi connectivity index (χ4v) is 8.30. The fraction of sp³-hybridized carbons (Fsp3) is 0.279. The Balaban J connectivity index is 0.806. The van der Waals surface area contributed by atoms with Crippen molar-refractivity contribution in [2.24, 2.45) is 5.16 Å². The van der Waals surface area contributed by atoms with Gasteiger partial charge in [-0.2, -0.15) is 5.10 Å². The maximum atomic E-state index is 13.4. The lowest BCUT2D eigenvalue weighted by Crippen LogP contribution is -2.54. The van der Waals surface area contributed by atoms with Gasteiger partial charge in [0.1, 0.15) is 17.5 Å². The Labute approximate surface area is 328 Å². The average molecular weight is 765 g/mol. The van der Waals surface area contributed by atoms with Gasteiger partial charge in [0, 0.05) is 80.1 Å². The number of piperidine rings is 1. The van der Waals surface area contributed by atoms with Crippen LogP contribution in [-0.2, 0) is 16.0 Å². The maximum absolute atomic E-state index is 13.4. The van der Waals surface area contributed by atoms with Crippen LogP contribution >= 0.6 is 0 Å². The third-order valence-corrected chi connectivity index (χ3v) is 11.3. The molecule has 14 nitrogen and oxygen atoms in total. The number of nitrogens with zero attached hydrogens (tertiary/aromatic N) is 7. The first-order valence-corrected chi connectivity index (χ1v) is 19.3. The molecule has 5 aromatic rings. The lowest BCUT2D eigenvalue weighted by Gasteiger charge is -2.36. The summed E-state index contributed by atoms with van der Waals surface area (Å²) < 4.78 is 7.97. The van der Waals surface area contributed by atoms with E-state index in [1.54, 1.807) is 30.6 Å². The number of ether oxygens (including phenoxy) is 1. The smallest absolute Gasteiger partial charge is 0.266 e. The molecule has 5 heterocycles. The van der Waals surface area contributed by atoms with E-state index in [0.717, 1.165) is 102 Å². The quantitative estimate of drug-likeness (QED) is 0.0882. The SMILES string of the molecule is O=C1CCC(N2C(=O)c3cccc(OCCCN4CCN(c5ccc(-n6cc(-c7ccc8c(c7)CCC8=NO)c(-c7ccncc7)n6)cc5)CC4)c3C2=O)C(=O)N1. The second-order valence-corrected chi connectivity index (χ2v) is 14.7. The number of imide groups is 2. The molecule has 2 N–H and O–H groups in total. The summed E-state index contributed by atoms with van der Waals surface area (Å²) in [6.07, 6.45) is 8.09. The van der Waals surface area contributed by atoms with Crippen LogP contribution in [0, 0.1) is 0 Å². The van der Waals surface area contributed by atoms with Crippen molar-refractivity contribution in [3.8, 4) is 33.8 Å². The predicted molar refractivity (Wildman–Crippen MR) is 211 cm³/mol. The van der Waals surface area contributed by atoms with Gasteiger partial charge in [-0.25, -0.2) is 4.68 Å². The van der Waals surface area contributed by atoms with Gasteiger partial charge in [-0.15, -0.1) is 0 Å². The molecule has 0 spiro atoms. The molecule has 14 heteroatoms. The van der Waals surface area contributed by atoms with Crippen molar-refractivity contribution in [2.45, 2.75) is 38.1 Å². The van der Waals surface area contributed by atoms with Gasteiger partial charge in [-0.3, -0.25) is 39.3 Å². The highest BCUT2D eigenvalue weighted by Crippen LogP contribution is 2.36. The number of pyridine rings is 1. The minimum Gasteiger partial charge on any atom is -0.493 e. The lowest BCUT2D eigenvalue weighted by atomic mass is 9.98. The number of nitrogens with one attached hydrogen (secondary N) is 1. The number of hydrogen-bond acceptors (Lipinski definition) is 11. The Hall–Kier alpha value is -6.67. The van der Waals surface area contributed by atoms with E-state index in [1.807, 2.05) is 22.9 Å². The number of aryl methyl sites for hydroxylation is 1. The molecular weight excluding hydrogens is 725 g/mol. The van der Waals surface area contributed by atoms with Crippen molar-refractivity contribution >= 4 is 35.0 Å². The van der Waals surface area contributed by atoms with Crippen LogP contribution in [0.5, 0.6) is 5.75 Å². The van der Waals surface area contributed by atoms with Crippen LogP contribution in [0.2, 0.25) is 0 Å². The summed E-state index contributed by atoms with van der Waals surface area (Å²) in [5.41, 5.74) is 9.27. The van der Waals surface area contributed by atoms with Crippen LogP contribution in [0.25, 0.3) is 28.1 Å². The van der Waals surface area contributed by atoms with Crippen LogP contribution in [-0.4, -0.2) is 104 Å². The van der Waals surface area contributed by atoms with Crippen molar-refractivity contribution in [2.75, 3.05) is 44.2 Å². The Morgan fingerprint density at radius 1 is 0.807 bits per heavy atom. The van der Waals surface area contributed by atoms with Crippen molar-refractivity contribution < 1.29 is 29.1 Å². The Morgan fingerprint density at radius 3 is 2.37 bits per heavy atom. The van der Waals surface area contributed by atoms with Gasteiger partial charge in [0.2, 0.25) is 11.8 Å². The number of hydrogen-bond donors (Lipinski definition) is 2. The van der Waals surface area contributed by atoms with Gasteiger partial charge in [0.25, 0.3) is 11.8 Å². The second-order valence-electron chi connectivity index (χ2n) is 14.7. The zero-order chi connectivity index (χ0) is 39.0. The molecule has 0 saturated carbocycles. The van der Waals surface area contributed by atoms with Crippen LogP contribution in [0.15, 0.2) is 96.5 Å². The highest BCUT2D eigenvalue weighted by atomic mass is 16.5. The van der Waals surface area contributed by atoms with Crippen LogP contribution in [0.4, 0.5) is 5.69 Å². The summed E-state index contributed by atoms with van der Waals surface area (Å²) in [6, 6.07) is 22.6. The fourth-order valence-electron chi connectivity index (χ4n) is 8.30. The highest BCUT2D eigenvalue weighted by Gasteiger charge is 2.46. The van der Waals surface area contributed by atoms with Crippen LogP contribution in [0.3, 0.4) is 0 Å². The van der Waals surface area contributed by atoms with Gasteiger partial charge in [-0.1, -0.05) is 29.4 Å². The van der Waals surface area contributed by atoms with Crippen LogP contribution < -0.4 is 15.0 Å². The standard InChI is InChI=1S/C43H40N8O6/c52-38-14-13-36(41(53)45-38)51-42(54)33-3-1-4-37(39(33)43(51)55)57-24-2-19-48-20-22-49(23-21-48)30-7-9-31(10-8-30)50-26-34(40(46-50)27-15-17-44-18-16-27)29-5-11-32-28(25-29)6-12-35(32)47-56/h1,3-5,7-11,15-18,25-26,36,56H,2,6,12-14,19-24H2,(H,45,52,53). The molecule has 2 saturated heterocycles. The number of aromatic nitrogens is 3. The number of amides is 4. The summed E-state index contributed by atoms with van der Waals surface area (Å²) in [5, 5.41) is 20.2. The van der Waals surface area contributed by atoms with Gasteiger partial charge < -0.3 is 14.8 Å². The van der Waals surface area contributed by atoms with E-state index in [9.17, 15) is 24.4 Å². The van der Waals surface area contributed by atoms with Crippen molar-refractivity contribution in [3.63, 3.8) is 0 Å². The molecular formula is C43H40N8O6. The van der Waals surface area contributed by atoms with Crippen molar-refractivity contribution in [3.05, 3.63) is 114 Å². The largest absolute Gasteiger partial charge is 0.493 e. The molecule has 2 fully saturated rings. The van der Waals surface area contributed by atoms with E-state index in [0.29, 0.717) is 12.4 Å². The zero-order valence-corrected chi connectivity index (χ0v) is 31.1. The number of carbonyl (C=O) groups excluding carboxylic acids is 4. The number of benzene rings is 3. The normalized spacial score (nSPS) is 18.9. The molecule has 1 unspecified atom stereocenters. The number of anilines is 1. The van der Waals surface area contributed by atoms with Gasteiger partial charge in [0.05, 0.1) is 29.1 Å². The first-order valence-electron chi connectivity index (χ1n) is 19.3. The lowest BCUT2D eigenvalue weighted by molar-refractivity contribution is -0.136. The second kappa shape index (κ2) is 15.1. The van der Waals surface area contributed by atoms with E-state index in [2.05, 4.69) is 67.9 Å². The predicted octanol–water partition coefficient (Wildman–Crippen LogP) is 4.72. The molecule has 4 aliphatic rings. The minimum atomic E-state index is -1.02. The molecule has 3 aromatic carbocycles. The summed E-state index contributed by atoms with van der Waals surface area (Å²) in [7, 11) is 0. The number of piperazine rings is 1. The molecule has 57 heavy (non-hydrogen) atoms. The number of carbonyl (C=O) groups is 4. The third kappa shape index (κ3) is 6.82. The topological polar surface area (TPSA) is 163 Å². The van der Waals surface area contributed by atoms with E-state index < -0.39 is 29.7 Å². The first-order chi connectivity index (χ1) is 27.9. The van der Waals surface area contributed by atoms with E-state index in [4.69, 9.17) is 9.84 Å². The zero-order valence-electron chi connectivity index (χ0n) is 31.1. The Morgan fingerprint density at radius 2 is 1.60 bits per heavy atom. The van der Waals surface area contributed by atoms with E-state index in [-0.39, 0.29) is 24.0 Å². The molecule has 1 aliphatic carbocycles. The van der Waals surface area contributed by atoms with Gasteiger partial charge >= 0.3 is 0 Å². The summed E-state index contributed by atoms with van der Waals surface area (Å²) in [6.45, 7) is 4.71. The van der Waals surface area contributed by atoms with Crippen LogP contribution in [0.1, 0.15) is 57.5 Å². The third-order valence-electron chi connectivity index (χ3n) is 11.3. The average Bonchev–Trinajstić information content (AvgIpc) is 3.94. The highest BCUT2D eigenvalue weighted by molar-refractivity contribution is 6.24. The summed E-state index contributed by atoms with van der Waals surface area (Å²) in [4.78, 5) is 60.5. The first kappa shape index (κ1) is 36.0. The van der Waals surface area contributed by atoms with Gasteiger partial charge in [0.15, 0.2) is 0 Å². The van der Waals surface area contributed by atoms with Crippen molar-refractivity contribution in [1.82, 2.24) is 29.9 Å². The molecule has 4 amide bonds. The summed E-state index contributed by atoms with van der Waals surface area (Å²) in [5.74, 6) is -1.84. The summed E-state index contributed by atoms with van der Waals surface area (Å²) >= 11 is 0. The Bertz CT molecular complexity index is 2420. The molecule has 9 rings (SSSR count). The molecule has 1 atom stereocenters. The molecule has 0 bridgehead atoms. The Kier molecular flexibility index (Phi) is 9.54. The van der Waals surface area contributed by atoms with E-state index >= 15 is 0 Å². The molecule has 288 valence electrons. The number of oxime groups is 1. The van der Waals surface area contributed by atoms with Crippen molar-refractivity contribution in [1.29, 1.82) is 0 Å². The minimum absolute atomic E-state index is 0.0678. The molecule has 0 radical (unpaired) electrons.